The van der Waals surface area contributed by atoms with Crippen LogP contribution < -0.4 is 16.6 Å². The van der Waals surface area contributed by atoms with Crippen molar-refractivity contribution in [3.63, 3.8) is 0 Å². The molecule has 6 heteroatoms. The predicted molar refractivity (Wildman–Crippen MR) is 76.6 cm³/mol. The molecule has 0 saturated carbocycles. The van der Waals surface area contributed by atoms with E-state index in [0.29, 0.717) is 23.0 Å². The Morgan fingerprint density at radius 2 is 2.11 bits per heavy atom. The summed E-state index contributed by atoms with van der Waals surface area (Å²) >= 11 is 5.10. The first kappa shape index (κ1) is 12.4. The molecular weight excluding hydrogens is 248 g/mol. The van der Waals surface area contributed by atoms with Gasteiger partial charge in [-0.2, -0.15) is 4.68 Å². The standard InChI is InChI=1S/C12H14N4OS/c1-2-14-12(18)16-11(17)9(10(13)15-16)8-6-4-3-5-7-8/h3-7,15H,2,13H2,1H3,(H,14,18). The Morgan fingerprint density at radius 1 is 1.44 bits per heavy atom. The van der Waals surface area contributed by atoms with Crippen LogP contribution in [0.3, 0.4) is 0 Å². The number of aromatic amines is 1. The quantitative estimate of drug-likeness (QED) is 0.710. The minimum Gasteiger partial charge on any atom is -0.383 e. The Hall–Kier alpha value is -2.08. The second kappa shape index (κ2) is 5.05. The number of thiocarbonyl (C=S) groups is 1. The molecule has 0 spiro atoms. The van der Waals surface area contributed by atoms with Gasteiger partial charge >= 0.3 is 0 Å². The second-order valence-corrected chi connectivity index (χ2v) is 4.13. The van der Waals surface area contributed by atoms with Crippen LogP contribution in [0.5, 0.6) is 0 Å². The van der Waals surface area contributed by atoms with Crippen LogP contribution in [0.2, 0.25) is 0 Å². The maximum Gasteiger partial charge on any atom is 0.283 e. The molecular formula is C12H14N4OS. The van der Waals surface area contributed by atoms with Crippen molar-refractivity contribution < 1.29 is 0 Å². The molecule has 2 rings (SSSR count). The zero-order valence-electron chi connectivity index (χ0n) is 9.93. The number of nitrogens with one attached hydrogen (secondary N) is 2. The van der Waals surface area contributed by atoms with Crippen molar-refractivity contribution in [2.45, 2.75) is 6.92 Å². The minimum absolute atomic E-state index is 0.246. The lowest BCUT2D eigenvalue weighted by Crippen LogP contribution is -2.35. The summed E-state index contributed by atoms with van der Waals surface area (Å²) in [4.78, 5) is 12.2. The number of H-pyrrole nitrogens is 1. The minimum atomic E-state index is -0.246. The van der Waals surface area contributed by atoms with Gasteiger partial charge in [-0.1, -0.05) is 30.3 Å². The third-order valence-electron chi connectivity index (χ3n) is 2.51. The van der Waals surface area contributed by atoms with Crippen LogP contribution in [-0.4, -0.2) is 21.4 Å². The number of benzene rings is 1. The zero-order chi connectivity index (χ0) is 13.1. The lowest BCUT2D eigenvalue weighted by molar-refractivity contribution is 0.843. The molecule has 0 radical (unpaired) electrons. The van der Waals surface area contributed by atoms with E-state index in [1.165, 1.54) is 4.68 Å². The molecule has 1 aromatic carbocycles. The lowest BCUT2D eigenvalue weighted by Gasteiger charge is -2.03. The van der Waals surface area contributed by atoms with Gasteiger partial charge in [0, 0.05) is 6.54 Å². The Kier molecular flexibility index (Phi) is 3.47. The molecule has 0 aliphatic carbocycles. The normalized spacial score (nSPS) is 10.3. The number of anilines is 1. The third-order valence-corrected chi connectivity index (χ3v) is 2.84. The van der Waals surface area contributed by atoms with Crippen molar-refractivity contribution in [1.82, 2.24) is 15.1 Å². The highest BCUT2D eigenvalue weighted by Crippen LogP contribution is 2.19. The van der Waals surface area contributed by atoms with E-state index >= 15 is 0 Å². The van der Waals surface area contributed by atoms with Gasteiger partial charge < -0.3 is 11.1 Å². The summed E-state index contributed by atoms with van der Waals surface area (Å²) in [5, 5.41) is 5.99. The van der Waals surface area contributed by atoms with Gasteiger partial charge in [0.2, 0.25) is 0 Å². The van der Waals surface area contributed by atoms with Crippen LogP contribution in [0.4, 0.5) is 5.82 Å². The van der Waals surface area contributed by atoms with Crippen LogP contribution in [0.15, 0.2) is 35.1 Å². The van der Waals surface area contributed by atoms with E-state index < -0.39 is 0 Å². The summed E-state index contributed by atoms with van der Waals surface area (Å²) < 4.78 is 1.25. The summed E-state index contributed by atoms with van der Waals surface area (Å²) in [5.74, 6) is 0.312. The zero-order valence-corrected chi connectivity index (χ0v) is 10.8. The van der Waals surface area contributed by atoms with E-state index in [-0.39, 0.29) is 5.56 Å². The number of rotatable bonds is 2. The van der Waals surface area contributed by atoms with Crippen LogP contribution in [-0.2, 0) is 0 Å². The van der Waals surface area contributed by atoms with Gasteiger partial charge in [-0.3, -0.25) is 9.89 Å². The number of hydrogen-bond acceptors (Lipinski definition) is 3. The van der Waals surface area contributed by atoms with Crippen molar-refractivity contribution in [2.24, 2.45) is 0 Å². The van der Waals surface area contributed by atoms with Gasteiger partial charge in [-0.15, -0.1) is 0 Å². The largest absolute Gasteiger partial charge is 0.383 e. The average molecular weight is 262 g/mol. The van der Waals surface area contributed by atoms with E-state index in [4.69, 9.17) is 18.0 Å². The molecule has 4 N–H and O–H groups in total. The fourth-order valence-electron chi connectivity index (χ4n) is 1.71. The van der Waals surface area contributed by atoms with Crippen molar-refractivity contribution in [3.05, 3.63) is 40.7 Å². The molecule has 0 amide bonds. The van der Waals surface area contributed by atoms with Crippen molar-refractivity contribution in [1.29, 1.82) is 0 Å². The number of aromatic nitrogens is 2. The molecule has 1 aromatic heterocycles. The number of nitrogen functional groups attached to an aromatic ring is 1. The van der Waals surface area contributed by atoms with Gasteiger partial charge in [0.05, 0.1) is 5.56 Å². The summed E-state index contributed by atoms with van der Waals surface area (Å²) in [6.07, 6.45) is 0. The molecule has 5 nitrogen and oxygen atoms in total. The van der Waals surface area contributed by atoms with Gasteiger partial charge in [-0.05, 0) is 24.7 Å². The maximum atomic E-state index is 12.2. The highest BCUT2D eigenvalue weighted by molar-refractivity contribution is 7.80. The van der Waals surface area contributed by atoms with Crippen LogP contribution in [0.25, 0.3) is 11.1 Å². The van der Waals surface area contributed by atoms with E-state index in [1.54, 1.807) is 0 Å². The van der Waals surface area contributed by atoms with Crippen LogP contribution in [0.1, 0.15) is 6.92 Å². The van der Waals surface area contributed by atoms with Gasteiger partial charge in [0.1, 0.15) is 5.82 Å². The summed E-state index contributed by atoms with van der Waals surface area (Å²) in [7, 11) is 0. The molecule has 2 aromatic rings. The molecule has 0 unspecified atom stereocenters. The molecule has 0 fully saturated rings. The summed E-state index contributed by atoms with van der Waals surface area (Å²) in [6, 6.07) is 9.26. The number of nitrogens with zero attached hydrogens (tertiary/aromatic N) is 1. The Bertz CT molecular complexity index is 615. The molecule has 0 atom stereocenters. The highest BCUT2D eigenvalue weighted by atomic mass is 32.1. The third kappa shape index (κ3) is 2.14. The topological polar surface area (TPSA) is 75.8 Å². The van der Waals surface area contributed by atoms with Gasteiger partial charge in [-0.25, -0.2) is 0 Å². The molecule has 0 aliphatic rings. The molecule has 18 heavy (non-hydrogen) atoms. The number of nitrogens with two attached hydrogens (primary N) is 1. The first-order chi connectivity index (χ1) is 8.65. The van der Waals surface area contributed by atoms with Gasteiger partial charge in [0.25, 0.3) is 5.56 Å². The lowest BCUT2D eigenvalue weighted by atomic mass is 10.1. The highest BCUT2D eigenvalue weighted by Gasteiger charge is 2.15. The molecule has 0 bridgehead atoms. The predicted octanol–water partition coefficient (Wildman–Crippen LogP) is 1.17. The van der Waals surface area contributed by atoms with E-state index in [1.807, 2.05) is 37.3 Å². The fraction of sp³-hybridized carbons (Fsp3) is 0.167. The number of hydrogen-bond donors (Lipinski definition) is 3. The fourth-order valence-corrected chi connectivity index (χ4v) is 1.98. The van der Waals surface area contributed by atoms with E-state index in [9.17, 15) is 4.79 Å². The Balaban J connectivity index is 2.52. The van der Waals surface area contributed by atoms with E-state index in [2.05, 4.69) is 10.4 Å². The smallest absolute Gasteiger partial charge is 0.283 e. The summed E-state index contributed by atoms with van der Waals surface area (Å²) in [6.45, 7) is 2.55. The monoisotopic (exact) mass is 262 g/mol. The second-order valence-electron chi connectivity index (χ2n) is 3.74. The van der Waals surface area contributed by atoms with Crippen molar-refractivity contribution >= 4 is 23.1 Å². The van der Waals surface area contributed by atoms with E-state index in [0.717, 1.165) is 5.56 Å². The first-order valence-corrected chi connectivity index (χ1v) is 6.00. The first-order valence-electron chi connectivity index (χ1n) is 5.59. The molecule has 0 aliphatic heterocycles. The maximum absolute atomic E-state index is 12.2. The summed E-state index contributed by atoms with van der Waals surface area (Å²) in [5.41, 5.74) is 6.81. The van der Waals surface area contributed by atoms with Crippen molar-refractivity contribution in [2.75, 3.05) is 12.3 Å². The van der Waals surface area contributed by atoms with Crippen LogP contribution >= 0.6 is 12.2 Å². The average Bonchev–Trinajstić information content (AvgIpc) is 2.66. The van der Waals surface area contributed by atoms with Crippen molar-refractivity contribution in [3.8, 4) is 11.1 Å². The van der Waals surface area contributed by atoms with Gasteiger partial charge in [0.15, 0.2) is 5.11 Å². The molecule has 94 valence electrons. The Morgan fingerprint density at radius 3 is 2.72 bits per heavy atom. The molecule has 1 heterocycles. The van der Waals surface area contributed by atoms with Crippen LogP contribution in [0, 0.1) is 0 Å². The Labute approximate surface area is 110 Å². The molecule has 0 saturated heterocycles. The SMILES string of the molecule is CCNC(=S)n1[nH]c(N)c(-c2ccccc2)c1=O.